The van der Waals surface area contributed by atoms with E-state index < -0.39 is 5.24 Å². The number of rotatable bonds is 11. The molecule has 0 unspecified atom stereocenters. The molecule has 0 radical (unpaired) electrons. The van der Waals surface area contributed by atoms with Gasteiger partial charge in [-0.25, -0.2) is 0 Å². The second-order valence-electron chi connectivity index (χ2n) is 5.90. The average Bonchev–Trinajstić information content (AvgIpc) is 2.64. The first kappa shape index (κ1) is 19.5. The van der Waals surface area contributed by atoms with Gasteiger partial charge in [-0.05, 0) is 53.4 Å². The van der Waals surface area contributed by atoms with E-state index in [2.05, 4.69) is 6.92 Å². The van der Waals surface area contributed by atoms with Crippen molar-refractivity contribution in [3.05, 3.63) is 54.1 Å². The predicted octanol–water partition coefficient (Wildman–Crippen LogP) is 5.71. The lowest BCUT2D eigenvalue weighted by molar-refractivity contribution is 0.0971. The Kier molecular flexibility index (Phi) is 8.50. The van der Waals surface area contributed by atoms with Gasteiger partial charge in [0.25, 0.3) is 5.24 Å². The highest BCUT2D eigenvalue weighted by molar-refractivity contribution is 6.67. The summed E-state index contributed by atoms with van der Waals surface area (Å²) in [5.41, 5.74) is 2.59. The molecule has 0 fully saturated rings. The number of ether oxygens (including phenoxy) is 2. The zero-order valence-corrected chi connectivity index (χ0v) is 15.4. The summed E-state index contributed by atoms with van der Waals surface area (Å²) in [6.07, 6.45) is 4.88. The fraction of sp³-hybridized carbons (Fsp3) is 0.381. The minimum absolute atomic E-state index is 0.442. The van der Waals surface area contributed by atoms with Gasteiger partial charge >= 0.3 is 0 Å². The van der Waals surface area contributed by atoms with E-state index in [0.717, 1.165) is 29.9 Å². The van der Waals surface area contributed by atoms with Crippen LogP contribution in [0, 0.1) is 0 Å². The van der Waals surface area contributed by atoms with Crippen LogP contribution in [0.5, 0.6) is 5.75 Å². The van der Waals surface area contributed by atoms with Gasteiger partial charge in [0, 0.05) is 12.2 Å². The zero-order chi connectivity index (χ0) is 17.9. The van der Waals surface area contributed by atoms with Crippen LogP contribution in [-0.2, 0) is 4.74 Å². The van der Waals surface area contributed by atoms with Crippen LogP contribution in [0.2, 0.25) is 0 Å². The summed E-state index contributed by atoms with van der Waals surface area (Å²) >= 11 is 5.46. The first-order valence-electron chi connectivity index (χ1n) is 8.81. The van der Waals surface area contributed by atoms with Crippen molar-refractivity contribution >= 4 is 16.8 Å². The molecule has 0 bridgehead atoms. The van der Waals surface area contributed by atoms with Gasteiger partial charge in [-0.15, -0.1) is 0 Å². The highest BCUT2D eigenvalue weighted by atomic mass is 35.5. The van der Waals surface area contributed by atoms with E-state index in [-0.39, 0.29) is 0 Å². The standard InChI is InChI=1S/C21H25ClO3/c1-2-3-4-5-14-24-15-16-25-20-12-10-18(11-13-20)17-6-8-19(9-7-17)21(22)23/h6-13H,2-5,14-16H2,1H3. The highest BCUT2D eigenvalue weighted by Crippen LogP contribution is 2.23. The largest absolute Gasteiger partial charge is 0.491 e. The van der Waals surface area contributed by atoms with Gasteiger partial charge in [-0.3, -0.25) is 4.79 Å². The zero-order valence-electron chi connectivity index (χ0n) is 14.7. The normalized spacial score (nSPS) is 10.6. The number of benzene rings is 2. The quantitative estimate of drug-likeness (QED) is 0.380. The summed E-state index contributed by atoms with van der Waals surface area (Å²) in [6, 6.07) is 15.1. The average molecular weight is 361 g/mol. The van der Waals surface area contributed by atoms with Crippen LogP contribution < -0.4 is 4.74 Å². The molecule has 25 heavy (non-hydrogen) atoms. The van der Waals surface area contributed by atoms with E-state index in [1.165, 1.54) is 19.3 Å². The van der Waals surface area contributed by atoms with E-state index in [0.29, 0.717) is 18.8 Å². The molecule has 4 heteroatoms. The maximum Gasteiger partial charge on any atom is 0.252 e. The fourth-order valence-electron chi connectivity index (χ4n) is 2.49. The van der Waals surface area contributed by atoms with Gasteiger partial charge in [0.15, 0.2) is 0 Å². The van der Waals surface area contributed by atoms with Gasteiger partial charge in [0.2, 0.25) is 0 Å². The van der Waals surface area contributed by atoms with E-state index in [1.54, 1.807) is 12.1 Å². The van der Waals surface area contributed by atoms with Crippen molar-refractivity contribution in [2.24, 2.45) is 0 Å². The lowest BCUT2D eigenvalue weighted by Crippen LogP contribution is -2.07. The lowest BCUT2D eigenvalue weighted by Gasteiger charge is -2.08. The molecular formula is C21H25ClO3. The Morgan fingerprint density at radius 2 is 1.48 bits per heavy atom. The molecule has 134 valence electrons. The summed E-state index contributed by atoms with van der Waals surface area (Å²) in [6.45, 7) is 4.18. The van der Waals surface area contributed by atoms with Gasteiger partial charge in [0.1, 0.15) is 12.4 Å². The molecule has 0 aliphatic heterocycles. The minimum Gasteiger partial charge on any atom is -0.491 e. The summed E-state index contributed by atoms with van der Waals surface area (Å²) in [5.74, 6) is 0.825. The molecule has 0 aliphatic carbocycles. The molecule has 2 aromatic carbocycles. The van der Waals surface area contributed by atoms with Crippen LogP contribution in [0.1, 0.15) is 43.0 Å². The summed E-state index contributed by atoms with van der Waals surface area (Å²) in [4.78, 5) is 11.1. The Bertz CT molecular complexity index is 635. The van der Waals surface area contributed by atoms with Crippen LogP contribution in [0.15, 0.2) is 48.5 Å². The van der Waals surface area contributed by atoms with Crippen LogP contribution in [0.3, 0.4) is 0 Å². The Hall–Kier alpha value is -1.84. The lowest BCUT2D eigenvalue weighted by atomic mass is 10.0. The molecular weight excluding hydrogens is 336 g/mol. The Labute approximate surface area is 154 Å². The van der Waals surface area contributed by atoms with Crippen molar-refractivity contribution < 1.29 is 14.3 Å². The van der Waals surface area contributed by atoms with Crippen molar-refractivity contribution in [1.29, 1.82) is 0 Å². The molecule has 0 saturated carbocycles. The SMILES string of the molecule is CCCCCCOCCOc1ccc(-c2ccc(C(=O)Cl)cc2)cc1. The number of hydrogen-bond acceptors (Lipinski definition) is 3. The first-order valence-corrected chi connectivity index (χ1v) is 9.19. The number of hydrogen-bond donors (Lipinski definition) is 0. The Morgan fingerprint density at radius 1 is 0.840 bits per heavy atom. The smallest absolute Gasteiger partial charge is 0.252 e. The van der Waals surface area contributed by atoms with Gasteiger partial charge in [-0.2, -0.15) is 0 Å². The molecule has 0 aliphatic rings. The molecule has 0 heterocycles. The van der Waals surface area contributed by atoms with Crippen molar-refractivity contribution in [2.45, 2.75) is 32.6 Å². The van der Waals surface area contributed by atoms with E-state index in [9.17, 15) is 4.79 Å². The van der Waals surface area contributed by atoms with E-state index in [4.69, 9.17) is 21.1 Å². The third-order valence-electron chi connectivity index (χ3n) is 3.94. The Morgan fingerprint density at radius 3 is 2.08 bits per heavy atom. The first-order chi connectivity index (χ1) is 12.2. The third kappa shape index (κ3) is 6.89. The maximum atomic E-state index is 11.1. The van der Waals surface area contributed by atoms with Gasteiger partial charge in [-0.1, -0.05) is 50.5 Å². The van der Waals surface area contributed by atoms with Crippen molar-refractivity contribution in [3.63, 3.8) is 0 Å². The molecule has 0 aromatic heterocycles. The highest BCUT2D eigenvalue weighted by Gasteiger charge is 2.03. The fourth-order valence-corrected chi connectivity index (χ4v) is 2.61. The summed E-state index contributed by atoms with van der Waals surface area (Å²) in [7, 11) is 0. The molecule has 0 saturated heterocycles. The Balaban J connectivity index is 1.73. The summed E-state index contributed by atoms with van der Waals surface area (Å²) < 4.78 is 11.3. The monoisotopic (exact) mass is 360 g/mol. The van der Waals surface area contributed by atoms with Crippen molar-refractivity contribution in [3.8, 4) is 16.9 Å². The van der Waals surface area contributed by atoms with E-state index in [1.807, 2.05) is 36.4 Å². The molecule has 0 N–H and O–H groups in total. The molecule has 0 spiro atoms. The van der Waals surface area contributed by atoms with Gasteiger partial charge < -0.3 is 9.47 Å². The number of halogens is 1. The van der Waals surface area contributed by atoms with Crippen molar-refractivity contribution in [2.75, 3.05) is 19.8 Å². The molecule has 0 amide bonds. The number of carbonyl (C=O) groups is 1. The molecule has 2 aromatic rings. The second-order valence-corrected chi connectivity index (χ2v) is 6.24. The molecule has 3 nitrogen and oxygen atoms in total. The third-order valence-corrected chi connectivity index (χ3v) is 4.16. The number of unbranched alkanes of at least 4 members (excludes halogenated alkanes) is 3. The van der Waals surface area contributed by atoms with E-state index >= 15 is 0 Å². The molecule has 0 atom stereocenters. The predicted molar refractivity (Wildman–Crippen MR) is 103 cm³/mol. The van der Waals surface area contributed by atoms with Crippen LogP contribution in [0.25, 0.3) is 11.1 Å². The maximum absolute atomic E-state index is 11.1. The summed E-state index contributed by atoms with van der Waals surface area (Å²) in [5, 5.41) is -0.442. The van der Waals surface area contributed by atoms with Gasteiger partial charge in [0.05, 0.1) is 6.61 Å². The molecule has 2 rings (SSSR count). The number of carbonyl (C=O) groups excluding carboxylic acids is 1. The van der Waals surface area contributed by atoms with Crippen LogP contribution in [0.4, 0.5) is 0 Å². The van der Waals surface area contributed by atoms with Crippen LogP contribution in [-0.4, -0.2) is 25.1 Å². The second kappa shape index (κ2) is 10.9. The van der Waals surface area contributed by atoms with Crippen LogP contribution >= 0.6 is 11.6 Å². The van der Waals surface area contributed by atoms with Crippen molar-refractivity contribution in [1.82, 2.24) is 0 Å². The topological polar surface area (TPSA) is 35.5 Å². The minimum atomic E-state index is -0.442.